The average Bonchev–Trinajstić information content (AvgIpc) is 2.17. The van der Waals surface area contributed by atoms with Crippen molar-refractivity contribution in [3.63, 3.8) is 0 Å². The van der Waals surface area contributed by atoms with E-state index >= 15 is 0 Å². The minimum absolute atomic E-state index is 0.0780. The number of aliphatic hydroxyl groups excluding tert-OH is 1. The van der Waals surface area contributed by atoms with E-state index in [1.807, 2.05) is 19.1 Å². The standard InChI is InChI=1S/C9H14N2O/c1-7(5-10)9(12)8-3-2-4-11-6-8/h2-4,6-7,9,12H,5,10H2,1H3. The van der Waals surface area contributed by atoms with Crippen LogP contribution < -0.4 is 5.73 Å². The molecule has 2 atom stereocenters. The molecule has 0 amide bonds. The van der Waals surface area contributed by atoms with Gasteiger partial charge in [-0.15, -0.1) is 0 Å². The lowest BCUT2D eigenvalue weighted by molar-refractivity contribution is 0.121. The van der Waals surface area contributed by atoms with Gasteiger partial charge in [-0.2, -0.15) is 0 Å². The Kier molecular flexibility index (Phi) is 3.19. The van der Waals surface area contributed by atoms with Gasteiger partial charge in [0.25, 0.3) is 0 Å². The number of rotatable bonds is 3. The minimum Gasteiger partial charge on any atom is -0.388 e. The Bertz CT molecular complexity index is 225. The highest BCUT2D eigenvalue weighted by Crippen LogP contribution is 2.19. The van der Waals surface area contributed by atoms with Crippen molar-refractivity contribution >= 4 is 0 Å². The quantitative estimate of drug-likeness (QED) is 0.695. The third kappa shape index (κ3) is 2.03. The number of pyridine rings is 1. The van der Waals surface area contributed by atoms with Gasteiger partial charge >= 0.3 is 0 Å². The molecule has 1 heterocycles. The summed E-state index contributed by atoms with van der Waals surface area (Å²) in [6.07, 6.45) is 2.85. The van der Waals surface area contributed by atoms with Gasteiger partial charge in [-0.05, 0) is 24.1 Å². The van der Waals surface area contributed by atoms with Crippen LogP contribution in [-0.4, -0.2) is 16.6 Å². The van der Waals surface area contributed by atoms with E-state index in [0.717, 1.165) is 5.56 Å². The van der Waals surface area contributed by atoms with Gasteiger partial charge in [0.15, 0.2) is 0 Å². The summed E-state index contributed by atoms with van der Waals surface area (Å²) in [6.45, 7) is 2.40. The Labute approximate surface area is 72.2 Å². The predicted octanol–water partition coefficient (Wildman–Crippen LogP) is 0.710. The number of nitrogens with two attached hydrogens (primary N) is 1. The summed E-state index contributed by atoms with van der Waals surface area (Å²) in [6, 6.07) is 3.66. The molecule has 0 fully saturated rings. The first-order chi connectivity index (χ1) is 5.75. The highest BCUT2D eigenvalue weighted by Gasteiger charge is 2.14. The Morgan fingerprint density at radius 3 is 2.92 bits per heavy atom. The van der Waals surface area contributed by atoms with Gasteiger partial charge in [-0.3, -0.25) is 4.98 Å². The second-order valence-corrected chi connectivity index (χ2v) is 2.94. The smallest absolute Gasteiger partial charge is 0.0842 e. The van der Waals surface area contributed by atoms with Crippen molar-refractivity contribution in [3.05, 3.63) is 30.1 Å². The van der Waals surface area contributed by atoms with Crippen LogP contribution in [-0.2, 0) is 0 Å². The van der Waals surface area contributed by atoms with Gasteiger partial charge in [0.1, 0.15) is 0 Å². The first-order valence-electron chi connectivity index (χ1n) is 4.03. The van der Waals surface area contributed by atoms with Crippen LogP contribution in [0.3, 0.4) is 0 Å². The molecular weight excluding hydrogens is 152 g/mol. The van der Waals surface area contributed by atoms with Gasteiger partial charge in [0.05, 0.1) is 6.10 Å². The Balaban J connectivity index is 2.71. The Morgan fingerprint density at radius 2 is 2.42 bits per heavy atom. The molecule has 3 N–H and O–H groups in total. The molecule has 0 aliphatic heterocycles. The lowest BCUT2D eigenvalue weighted by Crippen LogP contribution is -2.18. The minimum atomic E-state index is -0.497. The van der Waals surface area contributed by atoms with E-state index in [2.05, 4.69) is 4.98 Å². The summed E-state index contributed by atoms with van der Waals surface area (Å²) in [4.78, 5) is 3.92. The lowest BCUT2D eigenvalue weighted by atomic mass is 9.99. The molecule has 2 unspecified atom stereocenters. The molecule has 0 saturated carbocycles. The maximum absolute atomic E-state index is 9.67. The molecule has 0 aliphatic carbocycles. The van der Waals surface area contributed by atoms with Crippen LogP contribution >= 0.6 is 0 Å². The van der Waals surface area contributed by atoms with Crippen molar-refractivity contribution in [3.8, 4) is 0 Å². The summed E-state index contributed by atoms with van der Waals surface area (Å²) < 4.78 is 0. The molecule has 3 heteroatoms. The van der Waals surface area contributed by atoms with Crippen molar-refractivity contribution in [2.75, 3.05) is 6.54 Å². The van der Waals surface area contributed by atoms with Crippen molar-refractivity contribution in [2.45, 2.75) is 13.0 Å². The van der Waals surface area contributed by atoms with E-state index in [-0.39, 0.29) is 5.92 Å². The third-order valence-corrected chi connectivity index (χ3v) is 1.94. The molecule has 1 rings (SSSR count). The van der Waals surface area contributed by atoms with Crippen LogP contribution in [0.15, 0.2) is 24.5 Å². The molecule has 0 bridgehead atoms. The zero-order chi connectivity index (χ0) is 8.97. The van der Waals surface area contributed by atoms with Gasteiger partial charge in [0, 0.05) is 12.4 Å². The van der Waals surface area contributed by atoms with Crippen LogP contribution in [0.4, 0.5) is 0 Å². The monoisotopic (exact) mass is 166 g/mol. The average molecular weight is 166 g/mol. The van der Waals surface area contributed by atoms with Gasteiger partial charge < -0.3 is 10.8 Å². The highest BCUT2D eigenvalue weighted by atomic mass is 16.3. The summed E-state index contributed by atoms with van der Waals surface area (Å²) in [5.74, 6) is 0.0780. The molecule has 1 aromatic rings. The van der Waals surface area contributed by atoms with E-state index in [9.17, 15) is 5.11 Å². The molecule has 0 saturated heterocycles. The zero-order valence-corrected chi connectivity index (χ0v) is 7.14. The summed E-state index contributed by atoms with van der Waals surface area (Å²) in [5, 5.41) is 9.67. The van der Waals surface area contributed by atoms with Crippen molar-refractivity contribution in [1.82, 2.24) is 4.98 Å². The second-order valence-electron chi connectivity index (χ2n) is 2.94. The van der Waals surface area contributed by atoms with Crippen LogP contribution in [0.2, 0.25) is 0 Å². The molecule has 0 aliphatic rings. The molecular formula is C9H14N2O. The van der Waals surface area contributed by atoms with Gasteiger partial charge in [-0.1, -0.05) is 13.0 Å². The number of aromatic nitrogens is 1. The second kappa shape index (κ2) is 4.18. The van der Waals surface area contributed by atoms with Gasteiger partial charge in [-0.25, -0.2) is 0 Å². The van der Waals surface area contributed by atoms with Crippen molar-refractivity contribution in [1.29, 1.82) is 0 Å². The molecule has 0 spiro atoms. The van der Waals surface area contributed by atoms with E-state index in [1.54, 1.807) is 12.4 Å². The van der Waals surface area contributed by atoms with E-state index in [1.165, 1.54) is 0 Å². The lowest BCUT2D eigenvalue weighted by Gasteiger charge is -2.16. The molecule has 12 heavy (non-hydrogen) atoms. The molecule has 0 aromatic carbocycles. The van der Waals surface area contributed by atoms with Crippen LogP contribution in [0.25, 0.3) is 0 Å². The van der Waals surface area contributed by atoms with Crippen LogP contribution in [0.5, 0.6) is 0 Å². The maximum Gasteiger partial charge on any atom is 0.0842 e. The Morgan fingerprint density at radius 1 is 1.67 bits per heavy atom. The SMILES string of the molecule is CC(CN)C(O)c1cccnc1. The topological polar surface area (TPSA) is 59.1 Å². The van der Waals surface area contributed by atoms with Crippen LogP contribution in [0.1, 0.15) is 18.6 Å². The fourth-order valence-electron chi connectivity index (χ4n) is 1.01. The Hall–Kier alpha value is -0.930. The van der Waals surface area contributed by atoms with E-state index in [0.29, 0.717) is 6.54 Å². The van der Waals surface area contributed by atoms with Crippen molar-refractivity contribution < 1.29 is 5.11 Å². The number of aliphatic hydroxyl groups is 1. The first-order valence-corrected chi connectivity index (χ1v) is 4.03. The van der Waals surface area contributed by atoms with Crippen molar-refractivity contribution in [2.24, 2.45) is 11.7 Å². The normalized spacial score (nSPS) is 15.6. The highest BCUT2D eigenvalue weighted by molar-refractivity contribution is 5.12. The summed E-state index contributed by atoms with van der Waals surface area (Å²) in [5.41, 5.74) is 6.26. The molecule has 66 valence electrons. The predicted molar refractivity (Wildman–Crippen MR) is 47.4 cm³/mol. The van der Waals surface area contributed by atoms with Gasteiger partial charge in [0.2, 0.25) is 0 Å². The number of hydrogen-bond acceptors (Lipinski definition) is 3. The fourth-order valence-corrected chi connectivity index (χ4v) is 1.01. The zero-order valence-electron chi connectivity index (χ0n) is 7.14. The number of nitrogens with zero attached hydrogens (tertiary/aromatic N) is 1. The van der Waals surface area contributed by atoms with Crippen LogP contribution in [0, 0.1) is 5.92 Å². The number of hydrogen-bond donors (Lipinski definition) is 2. The fraction of sp³-hybridized carbons (Fsp3) is 0.444. The van der Waals surface area contributed by atoms with E-state index in [4.69, 9.17) is 5.73 Å². The molecule has 0 radical (unpaired) electrons. The third-order valence-electron chi connectivity index (χ3n) is 1.94. The molecule has 3 nitrogen and oxygen atoms in total. The summed E-state index contributed by atoms with van der Waals surface area (Å²) in [7, 11) is 0. The first kappa shape index (κ1) is 9.16. The summed E-state index contributed by atoms with van der Waals surface area (Å²) >= 11 is 0. The molecule has 1 aromatic heterocycles. The van der Waals surface area contributed by atoms with E-state index < -0.39 is 6.10 Å². The maximum atomic E-state index is 9.67. The largest absolute Gasteiger partial charge is 0.388 e.